The summed E-state index contributed by atoms with van der Waals surface area (Å²) in [6.07, 6.45) is 7.86. The van der Waals surface area contributed by atoms with Gasteiger partial charge in [0.2, 0.25) is 5.91 Å². The molecule has 5 nitrogen and oxygen atoms in total. The largest absolute Gasteiger partial charge is 0.354 e. The van der Waals surface area contributed by atoms with Crippen molar-refractivity contribution in [3.63, 3.8) is 0 Å². The van der Waals surface area contributed by atoms with Crippen LogP contribution in [0.3, 0.4) is 0 Å². The van der Waals surface area contributed by atoms with Crippen LogP contribution in [-0.4, -0.2) is 28.2 Å². The highest BCUT2D eigenvalue weighted by Gasteiger charge is 2.35. The van der Waals surface area contributed by atoms with E-state index in [2.05, 4.69) is 39.6 Å². The molecular weight excluding hydrogens is 426 g/mol. The maximum absolute atomic E-state index is 12.6. The molecule has 0 unspecified atom stereocenters. The summed E-state index contributed by atoms with van der Waals surface area (Å²) in [5, 5.41) is 3.95. The van der Waals surface area contributed by atoms with Crippen LogP contribution in [0, 0.1) is 0 Å². The minimum Gasteiger partial charge on any atom is -0.354 e. The Kier molecular flexibility index (Phi) is 5.89. The standard InChI is InChI=1S/C24H27N3O2S2/c28-20(25-15-24(11-4-5-12-24)16-7-2-1-3-8-16)14-30-13-19-26-22(29)21-17-9-6-10-18(17)31-23(21)27-19/h1-3,7-8H,4-6,9-15H2,(H,25,28)(H,26,27,29). The van der Waals surface area contributed by atoms with E-state index in [4.69, 9.17) is 0 Å². The molecule has 2 aliphatic carbocycles. The third-order valence-electron chi connectivity index (χ3n) is 6.67. The number of amides is 1. The highest BCUT2D eigenvalue weighted by Crippen LogP contribution is 2.40. The number of carbonyl (C=O) groups is 1. The molecule has 2 aromatic heterocycles. The molecule has 3 aromatic rings. The molecule has 5 rings (SSSR count). The van der Waals surface area contributed by atoms with Gasteiger partial charge in [0.15, 0.2) is 0 Å². The van der Waals surface area contributed by atoms with Gasteiger partial charge < -0.3 is 10.3 Å². The van der Waals surface area contributed by atoms with Crippen molar-refractivity contribution in [3.8, 4) is 0 Å². The summed E-state index contributed by atoms with van der Waals surface area (Å²) < 4.78 is 0. The molecular formula is C24H27N3O2S2. The molecule has 2 aliphatic rings. The first-order valence-electron chi connectivity index (χ1n) is 11.1. The fourth-order valence-corrected chi connectivity index (χ4v) is 7.09. The van der Waals surface area contributed by atoms with Crippen molar-refractivity contribution in [2.45, 2.75) is 56.1 Å². The van der Waals surface area contributed by atoms with Crippen LogP contribution in [0.25, 0.3) is 10.2 Å². The molecule has 0 saturated heterocycles. The molecule has 0 aliphatic heterocycles. The summed E-state index contributed by atoms with van der Waals surface area (Å²) in [4.78, 5) is 34.8. The van der Waals surface area contributed by atoms with Crippen LogP contribution in [-0.2, 0) is 28.8 Å². The number of aromatic amines is 1. The summed E-state index contributed by atoms with van der Waals surface area (Å²) in [6.45, 7) is 0.693. The lowest BCUT2D eigenvalue weighted by Gasteiger charge is -2.30. The second-order valence-corrected chi connectivity index (χ2v) is 10.7. The van der Waals surface area contributed by atoms with Gasteiger partial charge in [0, 0.05) is 16.8 Å². The number of aryl methyl sites for hydroxylation is 2. The smallest absolute Gasteiger partial charge is 0.259 e. The predicted octanol–water partition coefficient (Wildman–Crippen LogP) is 4.33. The Hall–Kier alpha value is -2.12. The Bertz CT molecular complexity index is 1150. The normalized spacial score (nSPS) is 17.2. The van der Waals surface area contributed by atoms with Crippen molar-refractivity contribution in [2.24, 2.45) is 0 Å². The number of thiophene rings is 1. The van der Waals surface area contributed by atoms with Gasteiger partial charge in [-0.1, -0.05) is 43.2 Å². The minimum absolute atomic E-state index is 0.0320. The lowest BCUT2D eigenvalue weighted by Crippen LogP contribution is -2.39. The number of hydrogen-bond donors (Lipinski definition) is 2. The van der Waals surface area contributed by atoms with E-state index in [0.29, 0.717) is 23.9 Å². The number of benzene rings is 1. The van der Waals surface area contributed by atoms with Gasteiger partial charge in [0.1, 0.15) is 10.7 Å². The summed E-state index contributed by atoms with van der Waals surface area (Å²) in [6, 6.07) is 10.6. The lowest BCUT2D eigenvalue weighted by atomic mass is 9.79. The maximum atomic E-state index is 12.6. The second kappa shape index (κ2) is 8.79. The summed E-state index contributed by atoms with van der Waals surface area (Å²) in [5.41, 5.74) is 2.57. The summed E-state index contributed by atoms with van der Waals surface area (Å²) >= 11 is 3.15. The molecule has 0 bridgehead atoms. The fourth-order valence-electron chi connectivity index (χ4n) is 5.09. The summed E-state index contributed by atoms with van der Waals surface area (Å²) in [7, 11) is 0. The molecule has 2 N–H and O–H groups in total. The van der Waals surface area contributed by atoms with Crippen LogP contribution in [0.5, 0.6) is 0 Å². The Balaban J connectivity index is 1.17. The Labute approximate surface area is 190 Å². The topological polar surface area (TPSA) is 74.8 Å². The third kappa shape index (κ3) is 4.17. The first-order valence-corrected chi connectivity index (χ1v) is 13.1. The van der Waals surface area contributed by atoms with Crippen molar-refractivity contribution >= 4 is 39.2 Å². The fraction of sp³-hybridized carbons (Fsp3) is 0.458. The number of hydrogen-bond acceptors (Lipinski definition) is 5. The molecule has 162 valence electrons. The quantitative estimate of drug-likeness (QED) is 0.558. The van der Waals surface area contributed by atoms with E-state index >= 15 is 0 Å². The molecule has 1 saturated carbocycles. The van der Waals surface area contributed by atoms with Gasteiger partial charge in [-0.2, -0.15) is 0 Å². The third-order valence-corrected chi connectivity index (χ3v) is 8.80. The predicted molar refractivity (Wildman–Crippen MR) is 128 cm³/mol. The first kappa shape index (κ1) is 20.8. The van der Waals surface area contributed by atoms with E-state index in [1.807, 2.05) is 6.07 Å². The van der Waals surface area contributed by atoms with Crippen molar-refractivity contribution in [2.75, 3.05) is 12.3 Å². The van der Waals surface area contributed by atoms with Gasteiger partial charge in [-0.05, 0) is 43.2 Å². The van der Waals surface area contributed by atoms with E-state index in [9.17, 15) is 9.59 Å². The number of aromatic nitrogens is 2. The highest BCUT2D eigenvalue weighted by atomic mass is 32.2. The van der Waals surface area contributed by atoms with E-state index < -0.39 is 0 Å². The van der Waals surface area contributed by atoms with Crippen LogP contribution in [0.1, 0.15) is 53.9 Å². The monoisotopic (exact) mass is 453 g/mol. The zero-order chi connectivity index (χ0) is 21.3. The van der Waals surface area contributed by atoms with Crippen LogP contribution >= 0.6 is 23.1 Å². The van der Waals surface area contributed by atoms with E-state index in [0.717, 1.165) is 42.3 Å². The van der Waals surface area contributed by atoms with Crippen molar-refractivity contribution in [1.82, 2.24) is 15.3 Å². The molecule has 1 aromatic carbocycles. The number of nitrogens with one attached hydrogen (secondary N) is 2. The molecule has 0 radical (unpaired) electrons. The maximum Gasteiger partial charge on any atom is 0.259 e. The van der Waals surface area contributed by atoms with E-state index in [-0.39, 0.29) is 16.9 Å². The van der Waals surface area contributed by atoms with Gasteiger partial charge in [-0.15, -0.1) is 23.1 Å². The van der Waals surface area contributed by atoms with Gasteiger partial charge in [-0.3, -0.25) is 9.59 Å². The molecule has 1 amide bonds. The minimum atomic E-state index is -0.0320. The molecule has 0 spiro atoms. The van der Waals surface area contributed by atoms with Gasteiger partial charge >= 0.3 is 0 Å². The first-order chi connectivity index (χ1) is 15.1. The number of rotatable bonds is 7. The molecule has 31 heavy (non-hydrogen) atoms. The van der Waals surface area contributed by atoms with Crippen LogP contribution < -0.4 is 10.9 Å². The van der Waals surface area contributed by atoms with Crippen LogP contribution in [0.4, 0.5) is 0 Å². The number of nitrogens with zero attached hydrogens (tertiary/aromatic N) is 1. The molecule has 1 fully saturated rings. The average Bonchev–Trinajstić information content (AvgIpc) is 3.49. The number of H-pyrrole nitrogens is 1. The lowest BCUT2D eigenvalue weighted by molar-refractivity contribution is -0.118. The second-order valence-electron chi connectivity index (χ2n) is 8.67. The van der Waals surface area contributed by atoms with E-state index in [1.54, 1.807) is 11.3 Å². The SMILES string of the molecule is O=C(CSCc1nc2sc3c(c2c(=O)[nH]1)CCC3)NCC1(c2ccccc2)CCCC1. The average molecular weight is 454 g/mol. The Morgan fingerprint density at radius 2 is 1.97 bits per heavy atom. The van der Waals surface area contributed by atoms with Gasteiger partial charge in [0.25, 0.3) is 5.56 Å². The molecule has 2 heterocycles. The Morgan fingerprint density at radius 1 is 1.16 bits per heavy atom. The number of thioether (sulfide) groups is 1. The van der Waals surface area contributed by atoms with E-state index in [1.165, 1.54) is 40.6 Å². The number of carbonyl (C=O) groups excluding carboxylic acids is 1. The van der Waals surface area contributed by atoms with Crippen LogP contribution in [0.15, 0.2) is 35.1 Å². The molecule has 0 atom stereocenters. The van der Waals surface area contributed by atoms with Crippen molar-refractivity contribution in [3.05, 3.63) is 62.5 Å². The van der Waals surface area contributed by atoms with Gasteiger partial charge in [-0.25, -0.2) is 4.98 Å². The zero-order valence-corrected chi connectivity index (χ0v) is 19.2. The van der Waals surface area contributed by atoms with Crippen LogP contribution in [0.2, 0.25) is 0 Å². The highest BCUT2D eigenvalue weighted by molar-refractivity contribution is 7.99. The Morgan fingerprint density at radius 3 is 2.77 bits per heavy atom. The number of fused-ring (bicyclic) bond motifs is 3. The van der Waals surface area contributed by atoms with Crippen molar-refractivity contribution in [1.29, 1.82) is 0 Å². The van der Waals surface area contributed by atoms with Gasteiger partial charge in [0.05, 0.1) is 16.9 Å². The van der Waals surface area contributed by atoms with Crippen molar-refractivity contribution < 1.29 is 4.79 Å². The summed E-state index contributed by atoms with van der Waals surface area (Å²) in [5.74, 6) is 1.61. The molecule has 7 heteroatoms. The zero-order valence-electron chi connectivity index (χ0n) is 17.5.